The van der Waals surface area contributed by atoms with Gasteiger partial charge in [0.1, 0.15) is 11.5 Å². The fourth-order valence-electron chi connectivity index (χ4n) is 3.63. The lowest BCUT2D eigenvalue weighted by Gasteiger charge is -2.24. The Morgan fingerprint density at radius 1 is 1.00 bits per heavy atom. The molecule has 2 aromatic carbocycles. The normalized spacial score (nSPS) is 11.7. The van der Waals surface area contributed by atoms with E-state index in [1.807, 2.05) is 25.1 Å². The first-order chi connectivity index (χ1) is 16.8. The van der Waals surface area contributed by atoms with Crippen LogP contribution in [0.4, 0.5) is 5.13 Å². The lowest BCUT2D eigenvalue weighted by atomic mass is 10.3. The fraction of sp³-hybridized carbons (Fsp3) is 0.440. The molecule has 0 N–H and O–H groups in total. The summed E-state index contributed by atoms with van der Waals surface area (Å²) < 4.78 is 37.3. The Morgan fingerprint density at radius 3 is 2.31 bits per heavy atom. The van der Waals surface area contributed by atoms with Crippen molar-refractivity contribution in [3.05, 3.63) is 42.5 Å². The van der Waals surface area contributed by atoms with Crippen molar-refractivity contribution < 1.29 is 22.7 Å². The van der Waals surface area contributed by atoms with E-state index in [2.05, 4.69) is 23.7 Å². The predicted molar refractivity (Wildman–Crippen MR) is 141 cm³/mol. The van der Waals surface area contributed by atoms with Gasteiger partial charge in [-0.1, -0.05) is 25.2 Å². The van der Waals surface area contributed by atoms with Gasteiger partial charge in [0.2, 0.25) is 5.91 Å². The van der Waals surface area contributed by atoms with Crippen LogP contribution in [0.3, 0.4) is 0 Å². The van der Waals surface area contributed by atoms with E-state index >= 15 is 0 Å². The molecule has 3 rings (SSSR count). The van der Waals surface area contributed by atoms with Crippen LogP contribution in [0.5, 0.6) is 11.5 Å². The minimum Gasteiger partial charge on any atom is -0.497 e. The van der Waals surface area contributed by atoms with Crippen LogP contribution in [-0.4, -0.2) is 69.9 Å². The molecular formula is C25H33N3O5S2. The summed E-state index contributed by atoms with van der Waals surface area (Å²) in [7, 11) is -2.10. The molecule has 0 atom stereocenters. The molecule has 3 aromatic rings. The van der Waals surface area contributed by atoms with Gasteiger partial charge in [0.05, 0.1) is 34.6 Å². The Kier molecular flexibility index (Phi) is 9.47. The summed E-state index contributed by atoms with van der Waals surface area (Å²) in [5.74, 6) is 0.783. The van der Waals surface area contributed by atoms with Gasteiger partial charge in [-0.05, 0) is 62.5 Å². The third-order valence-electron chi connectivity index (χ3n) is 5.73. The first kappa shape index (κ1) is 26.9. The number of aromatic nitrogens is 1. The first-order valence-corrected chi connectivity index (χ1v) is 14.2. The lowest BCUT2D eigenvalue weighted by Crippen LogP contribution is -2.39. The Bertz CT molecular complexity index is 1220. The number of nitrogens with zero attached hydrogens (tertiary/aromatic N) is 3. The quantitative estimate of drug-likeness (QED) is 0.334. The number of carbonyl (C=O) groups excluding carboxylic acids is 1. The monoisotopic (exact) mass is 519 g/mol. The third kappa shape index (κ3) is 6.93. The van der Waals surface area contributed by atoms with Crippen molar-refractivity contribution in [1.82, 2.24) is 9.88 Å². The molecule has 0 aliphatic carbocycles. The van der Waals surface area contributed by atoms with Gasteiger partial charge in [-0.15, -0.1) is 0 Å². The summed E-state index contributed by atoms with van der Waals surface area (Å²) in [6.45, 7) is 9.47. The van der Waals surface area contributed by atoms with Gasteiger partial charge in [-0.2, -0.15) is 0 Å². The van der Waals surface area contributed by atoms with Gasteiger partial charge < -0.3 is 14.4 Å². The van der Waals surface area contributed by atoms with Gasteiger partial charge in [0.25, 0.3) is 0 Å². The molecule has 0 aliphatic rings. The SMILES string of the molecule is CCOc1ccc2nc(N(CCN(CC)CC)C(=O)CCS(=O)(=O)c3ccc(OC)cc3)sc2c1. The highest BCUT2D eigenvalue weighted by Gasteiger charge is 2.24. The van der Waals surface area contributed by atoms with Crippen LogP contribution in [0.2, 0.25) is 0 Å². The highest BCUT2D eigenvalue weighted by atomic mass is 32.2. The Labute approximate surface area is 211 Å². The molecule has 1 amide bonds. The molecule has 1 heterocycles. The summed E-state index contributed by atoms with van der Waals surface area (Å²) in [6.07, 6.45) is -0.132. The molecule has 0 unspecified atom stereocenters. The third-order valence-corrected chi connectivity index (χ3v) is 8.50. The number of methoxy groups -OCH3 is 1. The summed E-state index contributed by atoms with van der Waals surface area (Å²) in [5, 5.41) is 0.563. The van der Waals surface area contributed by atoms with Crippen molar-refractivity contribution in [2.24, 2.45) is 0 Å². The smallest absolute Gasteiger partial charge is 0.229 e. The van der Waals surface area contributed by atoms with E-state index in [9.17, 15) is 13.2 Å². The number of hydrogen-bond acceptors (Lipinski definition) is 8. The Balaban J connectivity index is 1.81. The number of sulfone groups is 1. The van der Waals surface area contributed by atoms with Crippen LogP contribution >= 0.6 is 11.3 Å². The standard InChI is InChI=1S/C25H33N3O5S2/c1-5-27(6-2)15-16-28(25-26-22-13-10-20(33-7-3)18-23(22)34-25)24(29)14-17-35(30,31)21-11-8-19(32-4)9-12-21/h8-13,18H,5-7,14-17H2,1-4H3. The highest BCUT2D eigenvalue weighted by Crippen LogP contribution is 2.32. The molecule has 0 saturated carbocycles. The maximum absolute atomic E-state index is 13.3. The van der Waals surface area contributed by atoms with Crippen molar-refractivity contribution in [3.8, 4) is 11.5 Å². The zero-order valence-electron chi connectivity index (χ0n) is 20.7. The van der Waals surface area contributed by atoms with Crippen molar-refractivity contribution in [3.63, 3.8) is 0 Å². The largest absolute Gasteiger partial charge is 0.497 e. The topological polar surface area (TPSA) is 89.0 Å². The zero-order valence-corrected chi connectivity index (χ0v) is 22.3. The van der Waals surface area contributed by atoms with Crippen LogP contribution < -0.4 is 14.4 Å². The van der Waals surface area contributed by atoms with Crippen molar-refractivity contribution in [2.45, 2.75) is 32.1 Å². The lowest BCUT2D eigenvalue weighted by molar-refractivity contribution is -0.118. The van der Waals surface area contributed by atoms with Crippen molar-refractivity contribution in [2.75, 3.05) is 50.5 Å². The van der Waals surface area contributed by atoms with Gasteiger partial charge >= 0.3 is 0 Å². The van der Waals surface area contributed by atoms with E-state index in [0.29, 0.717) is 30.6 Å². The number of likely N-dealkylation sites (N-methyl/N-ethyl adjacent to an activating group) is 1. The molecule has 8 nitrogen and oxygen atoms in total. The number of benzene rings is 2. The minimum absolute atomic E-state index is 0.132. The zero-order chi connectivity index (χ0) is 25.4. The van der Waals surface area contributed by atoms with Crippen molar-refractivity contribution >= 4 is 42.4 Å². The number of fused-ring (bicyclic) bond motifs is 1. The molecule has 35 heavy (non-hydrogen) atoms. The molecule has 0 fully saturated rings. The molecular weight excluding hydrogens is 486 g/mol. The molecule has 0 saturated heterocycles. The van der Waals surface area contributed by atoms with E-state index in [1.54, 1.807) is 17.0 Å². The van der Waals surface area contributed by atoms with Crippen molar-refractivity contribution in [1.29, 1.82) is 0 Å². The number of anilines is 1. The molecule has 0 aliphatic heterocycles. The predicted octanol–water partition coefficient (Wildman–Crippen LogP) is 4.24. The van der Waals surface area contributed by atoms with Gasteiger partial charge in [0.15, 0.2) is 15.0 Å². The molecule has 0 spiro atoms. The number of ether oxygens (including phenoxy) is 2. The molecule has 1 aromatic heterocycles. The van der Waals surface area contributed by atoms with E-state index < -0.39 is 9.84 Å². The Morgan fingerprint density at radius 2 is 1.69 bits per heavy atom. The van der Waals surface area contributed by atoms with E-state index in [0.717, 1.165) is 29.1 Å². The first-order valence-electron chi connectivity index (χ1n) is 11.7. The second-order valence-electron chi connectivity index (χ2n) is 7.88. The second-order valence-corrected chi connectivity index (χ2v) is 11.0. The highest BCUT2D eigenvalue weighted by molar-refractivity contribution is 7.91. The molecule has 0 bridgehead atoms. The van der Waals surface area contributed by atoms with Gasteiger partial charge in [0, 0.05) is 19.5 Å². The number of rotatable bonds is 13. The van der Waals surface area contributed by atoms with Crippen LogP contribution in [0.15, 0.2) is 47.4 Å². The molecule has 190 valence electrons. The van der Waals surface area contributed by atoms with Crippen LogP contribution in [0, 0.1) is 0 Å². The summed E-state index contributed by atoms with van der Waals surface area (Å²) >= 11 is 1.41. The summed E-state index contributed by atoms with van der Waals surface area (Å²) in [6, 6.07) is 11.9. The molecule has 10 heteroatoms. The average molecular weight is 520 g/mol. The molecule has 0 radical (unpaired) electrons. The fourth-order valence-corrected chi connectivity index (χ4v) is 5.90. The van der Waals surface area contributed by atoms with Gasteiger partial charge in [-0.3, -0.25) is 9.69 Å². The van der Waals surface area contributed by atoms with E-state index in [-0.39, 0.29) is 23.0 Å². The van der Waals surface area contributed by atoms with Crippen LogP contribution in [0.25, 0.3) is 10.2 Å². The van der Waals surface area contributed by atoms with Crippen LogP contribution in [0.1, 0.15) is 27.2 Å². The maximum atomic E-state index is 13.3. The number of hydrogen-bond donors (Lipinski definition) is 0. The number of thiazole rings is 1. The average Bonchev–Trinajstić information content (AvgIpc) is 3.28. The second kappa shape index (κ2) is 12.3. The van der Waals surface area contributed by atoms with Gasteiger partial charge in [-0.25, -0.2) is 13.4 Å². The maximum Gasteiger partial charge on any atom is 0.229 e. The summed E-state index contributed by atoms with van der Waals surface area (Å²) in [5.41, 5.74) is 0.778. The summed E-state index contributed by atoms with van der Waals surface area (Å²) in [4.78, 5) is 22.0. The van der Waals surface area contributed by atoms with E-state index in [1.165, 1.54) is 30.6 Å². The number of carbonyl (C=O) groups is 1. The van der Waals surface area contributed by atoms with Crippen LogP contribution in [-0.2, 0) is 14.6 Å². The number of amides is 1. The minimum atomic E-state index is -3.62. The Hall–Kier alpha value is -2.69. The van der Waals surface area contributed by atoms with E-state index in [4.69, 9.17) is 9.47 Å².